The Hall–Kier alpha value is -3.18. The maximum atomic E-state index is 12.6. The van der Waals surface area contributed by atoms with Crippen LogP contribution in [0.4, 0.5) is 10.7 Å². The molecule has 1 amide bonds. The van der Waals surface area contributed by atoms with Gasteiger partial charge in [0.1, 0.15) is 10.8 Å². The minimum absolute atomic E-state index is 0.0349. The lowest BCUT2D eigenvalue weighted by molar-refractivity contribution is -0.142. The average molecular weight is 601 g/mol. The fourth-order valence-electron chi connectivity index (χ4n) is 6.10. The van der Waals surface area contributed by atoms with Crippen LogP contribution in [0.3, 0.4) is 0 Å². The zero-order valence-corrected chi connectivity index (χ0v) is 25.7. The van der Waals surface area contributed by atoms with Gasteiger partial charge in [-0.25, -0.2) is 19.7 Å². The minimum atomic E-state index is -0.500. The van der Waals surface area contributed by atoms with E-state index in [0.717, 1.165) is 64.0 Å². The summed E-state index contributed by atoms with van der Waals surface area (Å²) in [5, 5.41) is 0.361. The van der Waals surface area contributed by atoms with Crippen LogP contribution in [0.15, 0.2) is 24.5 Å². The molecule has 1 unspecified atom stereocenters. The van der Waals surface area contributed by atoms with Gasteiger partial charge >= 0.3 is 12.1 Å². The van der Waals surface area contributed by atoms with Gasteiger partial charge in [-0.3, -0.25) is 9.69 Å². The van der Waals surface area contributed by atoms with Crippen LogP contribution < -0.4 is 9.64 Å². The predicted molar refractivity (Wildman–Crippen MR) is 158 cm³/mol. The van der Waals surface area contributed by atoms with E-state index in [9.17, 15) is 9.59 Å². The molecule has 0 saturated carbocycles. The maximum Gasteiger partial charge on any atom is 0.410 e. The van der Waals surface area contributed by atoms with Crippen molar-refractivity contribution in [3.05, 3.63) is 35.2 Å². The van der Waals surface area contributed by atoms with Crippen LogP contribution in [0.5, 0.6) is 11.6 Å². The lowest BCUT2D eigenvalue weighted by Crippen LogP contribution is -2.37. The number of amides is 1. The van der Waals surface area contributed by atoms with Crippen molar-refractivity contribution in [2.24, 2.45) is 11.3 Å². The summed E-state index contributed by atoms with van der Waals surface area (Å²) in [6.45, 7) is 11.2. The third kappa shape index (κ3) is 7.80. The summed E-state index contributed by atoms with van der Waals surface area (Å²) in [7, 11) is 1.44. The Balaban J connectivity index is 1.13. The van der Waals surface area contributed by atoms with E-state index in [1.165, 1.54) is 7.11 Å². The Kier molecular flexibility index (Phi) is 9.08. The molecule has 11 nitrogen and oxygen atoms in total. The van der Waals surface area contributed by atoms with Gasteiger partial charge in [-0.2, -0.15) is 0 Å². The number of piperidine rings is 1. The van der Waals surface area contributed by atoms with E-state index in [2.05, 4.69) is 24.8 Å². The second-order valence-electron chi connectivity index (χ2n) is 12.8. The van der Waals surface area contributed by atoms with Crippen molar-refractivity contribution in [1.29, 1.82) is 0 Å². The van der Waals surface area contributed by atoms with Crippen molar-refractivity contribution in [3.63, 3.8) is 0 Å². The highest BCUT2D eigenvalue weighted by Crippen LogP contribution is 2.41. The van der Waals surface area contributed by atoms with Gasteiger partial charge in [0.15, 0.2) is 5.75 Å². The van der Waals surface area contributed by atoms with E-state index in [1.807, 2.05) is 37.8 Å². The first kappa shape index (κ1) is 30.3. The lowest BCUT2D eigenvalue weighted by atomic mass is 9.86. The van der Waals surface area contributed by atoms with E-state index < -0.39 is 5.60 Å². The molecule has 3 aliphatic heterocycles. The van der Waals surface area contributed by atoms with Gasteiger partial charge in [0.25, 0.3) is 0 Å². The van der Waals surface area contributed by atoms with Crippen molar-refractivity contribution in [3.8, 4) is 11.6 Å². The number of pyridine rings is 1. The number of carbonyl (C=O) groups is 2. The molecule has 0 bridgehead atoms. The molecule has 3 saturated heterocycles. The number of methoxy groups -OCH3 is 1. The number of nitrogens with zero attached hydrogens (tertiary/aromatic N) is 6. The lowest BCUT2D eigenvalue weighted by Gasteiger charge is -2.31. The van der Waals surface area contributed by atoms with E-state index in [4.69, 9.17) is 25.8 Å². The summed E-state index contributed by atoms with van der Waals surface area (Å²) in [5.41, 5.74) is 0.542. The number of carbonyl (C=O) groups excluding carboxylic acids is 2. The molecule has 12 heteroatoms. The van der Waals surface area contributed by atoms with Crippen LogP contribution in [0.2, 0.25) is 5.15 Å². The van der Waals surface area contributed by atoms with Crippen molar-refractivity contribution in [1.82, 2.24) is 24.8 Å². The predicted octanol–water partition coefficient (Wildman–Crippen LogP) is 4.93. The van der Waals surface area contributed by atoms with E-state index in [0.29, 0.717) is 48.2 Å². The van der Waals surface area contributed by atoms with Crippen molar-refractivity contribution < 1.29 is 23.8 Å². The molecule has 3 aliphatic rings. The van der Waals surface area contributed by atoms with E-state index >= 15 is 0 Å². The van der Waals surface area contributed by atoms with Gasteiger partial charge in [0.05, 0.1) is 19.5 Å². The summed E-state index contributed by atoms with van der Waals surface area (Å²) in [6.07, 6.45) is 7.39. The molecule has 0 radical (unpaired) electrons. The molecule has 2 aromatic rings. The fourth-order valence-corrected chi connectivity index (χ4v) is 6.32. The molecule has 0 aliphatic carbocycles. The molecule has 0 aromatic carbocycles. The van der Waals surface area contributed by atoms with Gasteiger partial charge in [-0.05, 0) is 77.1 Å². The maximum absolute atomic E-state index is 12.6. The molecule has 1 atom stereocenters. The number of hydrogen-bond acceptors (Lipinski definition) is 10. The summed E-state index contributed by atoms with van der Waals surface area (Å²) < 4.78 is 16.4. The van der Waals surface area contributed by atoms with Crippen LogP contribution in [-0.4, -0.2) is 88.8 Å². The van der Waals surface area contributed by atoms with E-state index in [1.54, 1.807) is 12.4 Å². The quantitative estimate of drug-likeness (QED) is 0.320. The smallest absolute Gasteiger partial charge is 0.410 e. The van der Waals surface area contributed by atoms with Gasteiger partial charge in [0, 0.05) is 50.6 Å². The normalized spacial score (nSPS) is 21.6. The largest absolute Gasteiger partial charge is 0.469 e. The van der Waals surface area contributed by atoms with Crippen LogP contribution in [0, 0.1) is 11.3 Å². The third-order valence-corrected chi connectivity index (χ3v) is 8.47. The Bertz CT molecular complexity index is 1260. The van der Waals surface area contributed by atoms with Crippen molar-refractivity contribution in [2.45, 2.75) is 65.0 Å². The molecular weight excluding hydrogens is 560 g/mol. The number of aromatic nitrogens is 3. The second-order valence-corrected chi connectivity index (χ2v) is 13.2. The van der Waals surface area contributed by atoms with Gasteiger partial charge < -0.3 is 24.0 Å². The Morgan fingerprint density at radius 3 is 2.45 bits per heavy atom. The first-order valence-electron chi connectivity index (χ1n) is 14.7. The number of halogens is 1. The molecule has 228 valence electrons. The Morgan fingerprint density at radius 1 is 1.05 bits per heavy atom. The van der Waals surface area contributed by atoms with Crippen molar-refractivity contribution in [2.75, 3.05) is 51.3 Å². The van der Waals surface area contributed by atoms with Gasteiger partial charge in [-0.1, -0.05) is 11.6 Å². The van der Waals surface area contributed by atoms with E-state index in [-0.39, 0.29) is 17.5 Å². The van der Waals surface area contributed by atoms with Crippen LogP contribution >= 0.6 is 11.6 Å². The Labute approximate surface area is 252 Å². The highest BCUT2D eigenvalue weighted by Gasteiger charge is 2.46. The van der Waals surface area contributed by atoms with Gasteiger partial charge in [0.2, 0.25) is 11.8 Å². The fraction of sp³-hybridized carbons (Fsp3) is 0.633. The molecule has 42 heavy (non-hydrogen) atoms. The highest BCUT2D eigenvalue weighted by molar-refractivity contribution is 6.29. The third-order valence-electron chi connectivity index (χ3n) is 8.27. The van der Waals surface area contributed by atoms with Crippen molar-refractivity contribution >= 4 is 29.6 Å². The molecule has 0 N–H and O–H groups in total. The SMILES string of the molecule is COC(=O)CC1CCN(Cc2cc(Cl)nc(Oc3cnc(N4CCC5(CCN(C(=O)OC(C)(C)C)C5)C4)nc3)c2)CC1. The number of anilines is 1. The molecule has 2 aromatic heterocycles. The molecule has 5 rings (SSSR count). The summed E-state index contributed by atoms with van der Waals surface area (Å²) in [5.74, 6) is 1.74. The molecule has 3 fully saturated rings. The summed E-state index contributed by atoms with van der Waals surface area (Å²) >= 11 is 6.33. The summed E-state index contributed by atoms with van der Waals surface area (Å²) in [6, 6.07) is 3.74. The molecule has 5 heterocycles. The topological polar surface area (TPSA) is 110 Å². The number of likely N-dealkylation sites (tertiary alicyclic amines) is 2. The molecule has 1 spiro atoms. The van der Waals surface area contributed by atoms with Crippen LogP contribution in [-0.2, 0) is 20.8 Å². The van der Waals surface area contributed by atoms with Crippen LogP contribution in [0.25, 0.3) is 0 Å². The zero-order valence-electron chi connectivity index (χ0n) is 25.0. The number of rotatable bonds is 7. The monoisotopic (exact) mass is 600 g/mol. The summed E-state index contributed by atoms with van der Waals surface area (Å²) in [4.78, 5) is 44.0. The first-order chi connectivity index (χ1) is 20.0. The standard InChI is InChI=1S/C30H41ClN6O5/c1-29(2,3)42-28(39)37-12-8-30(20-37)7-11-36(19-30)27-32-16-23(17-33-27)41-25-14-22(13-24(31)34-25)18-35-9-5-21(6-10-35)15-26(38)40-4/h13-14,16-17,21H,5-12,15,18-20H2,1-4H3. The van der Waals surface area contributed by atoms with Crippen LogP contribution in [0.1, 0.15) is 58.4 Å². The highest BCUT2D eigenvalue weighted by atomic mass is 35.5. The number of hydrogen-bond donors (Lipinski definition) is 0. The Morgan fingerprint density at radius 2 is 1.76 bits per heavy atom. The zero-order chi connectivity index (χ0) is 29.9. The number of esters is 1. The first-order valence-corrected chi connectivity index (χ1v) is 15.1. The molecular formula is C30H41ClN6O5. The second kappa shape index (κ2) is 12.6. The number of ether oxygens (including phenoxy) is 3. The average Bonchev–Trinajstić information content (AvgIpc) is 3.55. The minimum Gasteiger partial charge on any atom is -0.469 e. The van der Waals surface area contributed by atoms with Gasteiger partial charge in [-0.15, -0.1) is 0 Å².